The number of hydrogen-bond donors (Lipinski definition) is 1. The summed E-state index contributed by atoms with van der Waals surface area (Å²) in [5, 5.41) is 2.82. The quantitative estimate of drug-likeness (QED) is 0.665. The molecule has 1 heterocycles. The third kappa shape index (κ3) is 5.25. The van der Waals surface area contributed by atoms with Crippen molar-refractivity contribution in [3.8, 4) is 0 Å². The lowest BCUT2D eigenvalue weighted by Gasteiger charge is -2.20. The van der Waals surface area contributed by atoms with Crippen LogP contribution in [0.1, 0.15) is 33.3 Å². The second-order valence-electron chi connectivity index (χ2n) is 6.45. The molecule has 29 heavy (non-hydrogen) atoms. The second-order valence-corrected chi connectivity index (χ2v) is 6.45. The van der Waals surface area contributed by atoms with Crippen molar-refractivity contribution in [1.82, 2.24) is 10.3 Å². The van der Waals surface area contributed by atoms with Gasteiger partial charge in [0.2, 0.25) is 0 Å². The first-order valence-corrected chi connectivity index (χ1v) is 9.44. The molecule has 0 fully saturated rings. The largest absolute Gasteiger partial charge is 0.352 e. The molecule has 3 rings (SSSR count). The summed E-state index contributed by atoms with van der Waals surface area (Å²) >= 11 is 0. The van der Waals surface area contributed by atoms with Crippen LogP contribution in [-0.4, -0.2) is 29.9 Å². The van der Waals surface area contributed by atoms with E-state index in [1.165, 1.54) is 24.4 Å². The van der Waals surface area contributed by atoms with Crippen LogP contribution in [0.15, 0.2) is 72.9 Å². The maximum absolute atomic E-state index is 12.9. The predicted octanol–water partition coefficient (Wildman–Crippen LogP) is 3.86. The molecule has 0 saturated heterocycles. The van der Waals surface area contributed by atoms with Crippen molar-refractivity contribution >= 4 is 17.5 Å². The first kappa shape index (κ1) is 20.2. The maximum atomic E-state index is 12.9. The lowest BCUT2D eigenvalue weighted by Crippen LogP contribution is -2.32. The molecule has 0 unspecified atom stereocenters. The third-order valence-corrected chi connectivity index (χ3v) is 4.48. The van der Waals surface area contributed by atoms with Crippen LogP contribution < -0.4 is 10.2 Å². The Bertz CT molecular complexity index is 975. The fourth-order valence-corrected chi connectivity index (χ4v) is 2.95. The van der Waals surface area contributed by atoms with Gasteiger partial charge in [0.15, 0.2) is 0 Å². The van der Waals surface area contributed by atoms with E-state index >= 15 is 0 Å². The molecular weight excluding hydrogens is 369 g/mol. The van der Waals surface area contributed by atoms with Crippen LogP contribution in [0, 0.1) is 5.82 Å². The molecule has 5 nitrogen and oxygen atoms in total. The van der Waals surface area contributed by atoms with Gasteiger partial charge in [0.1, 0.15) is 11.5 Å². The van der Waals surface area contributed by atoms with Crippen LogP contribution >= 0.6 is 0 Å². The average molecular weight is 391 g/mol. The van der Waals surface area contributed by atoms with Crippen molar-refractivity contribution in [2.45, 2.75) is 13.3 Å². The Balaban J connectivity index is 1.65. The van der Waals surface area contributed by atoms with E-state index in [1.54, 1.807) is 23.1 Å². The Labute approximate surface area is 169 Å². The van der Waals surface area contributed by atoms with E-state index in [4.69, 9.17) is 0 Å². The second kappa shape index (κ2) is 9.59. The number of nitrogens with one attached hydrogen (secondary N) is 1. The highest BCUT2D eigenvalue weighted by Gasteiger charge is 2.18. The molecular formula is C23H22FN3O2. The number of amides is 2. The van der Waals surface area contributed by atoms with E-state index < -0.39 is 0 Å². The zero-order valence-corrected chi connectivity index (χ0v) is 16.1. The van der Waals surface area contributed by atoms with Crippen LogP contribution in [-0.2, 0) is 6.42 Å². The lowest BCUT2D eigenvalue weighted by atomic mass is 10.1. The molecule has 148 valence electrons. The Morgan fingerprint density at radius 1 is 1.03 bits per heavy atom. The Morgan fingerprint density at radius 2 is 1.76 bits per heavy atom. The van der Waals surface area contributed by atoms with Gasteiger partial charge in [-0.25, -0.2) is 4.39 Å². The number of carbonyl (C=O) groups excluding carboxylic acids is 2. The molecule has 1 N–H and O–H groups in total. The minimum atomic E-state index is -0.289. The highest BCUT2D eigenvalue weighted by Crippen LogP contribution is 2.16. The molecule has 0 aliphatic rings. The number of para-hydroxylation sites is 1. The van der Waals surface area contributed by atoms with Crippen LogP contribution in [0.25, 0.3) is 0 Å². The molecule has 0 radical (unpaired) electrons. The van der Waals surface area contributed by atoms with Gasteiger partial charge in [-0.1, -0.05) is 30.3 Å². The molecule has 6 heteroatoms. The van der Waals surface area contributed by atoms with Gasteiger partial charge in [-0.2, -0.15) is 0 Å². The van der Waals surface area contributed by atoms with Crippen LogP contribution in [0.3, 0.4) is 0 Å². The Hall–Kier alpha value is -3.54. The monoisotopic (exact) mass is 391 g/mol. The first-order chi connectivity index (χ1) is 14.1. The van der Waals surface area contributed by atoms with Crippen molar-refractivity contribution in [2.75, 3.05) is 18.0 Å². The zero-order chi connectivity index (χ0) is 20.6. The van der Waals surface area contributed by atoms with Gasteiger partial charge in [0.05, 0.1) is 0 Å². The molecule has 1 aromatic heterocycles. The fourth-order valence-electron chi connectivity index (χ4n) is 2.95. The van der Waals surface area contributed by atoms with E-state index in [0.717, 1.165) is 11.3 Å². The maximum Gasteiger partial charge on any atom is 0.276 e. The zero-order valence-electron chi connectivity index (χ0n) is 16.1. The Kier molecular flexibility index (Phi) is 6.68. The van der Waals surface area contributed by atoms with Gasteiger partial charge in [0.25, 0.3) is 11.8 Å². The van der Waals surface area contributed by atoms with Crippen LogP contribution in [0.4, 0.5) is 10.1 Å². The number of halogens is 1. The highest BCUT2D eigenvalue weighted by atomic mass is 19.1. The summed E-state index contributed by atoms with van der Waals surface area (Å²) in [7, 11) is 0. The number of benzene rings is 2. The number of rotatable bonds is 7. The fraction of sp³-hybridized carbons (Fsp3) is 0.174. The van der Waals surface area contributed by atoms with E-state index in [2.05, 4.69) is 10.3 Å². The minimum Gasteiger partial charge on any atom is -0.352 e. The number of carbonyl (C=O) groups is 2. The van der Waals surface area contributed by atoms with Gasteiger partial charge in [-0.05, 0) is 55.3 Å². The molecule has 0 spiro atoms. The molecule has 2 amide bonds. The number of hydrogen-bond acceptors (Lipinski definition) is 3. The van der Waals surface area contributed by atoms with Crippen molar-refractivity contribution in [3.63, 3.8) is 0 Å². The van der Waals surface area contributed by atoms with Gasteiger partial charge in [-0.15, -0.1) is 0 Å². The summed E-state index contributed by atoms with van der Waals surface area (Å²) in [6.45, 7) is 2.77. The van der Waals surface area contributed by atoms with Crippen LogP contribution in [0.5, 0.6) is 0 Å². The normalized spacial score (nSPS) is 10.4. The summed E-state index contributed by atoms with van der Waals surface area (Å²) in [4.78, 5) is 31.1. The molecule has 0 aliphatic carbocycles. The number of aromatic nitrogens is 1. The van der Waals surface area contributed by atoms with Crippen molar-refractivity contribution in [2.24, 2.45) is 0 Å². The Morgan fingerprint density at radius 3 is 2.45 bits per heavy atom. The van der Waals surface area contributed by atoms with Crippen molar-refractivity contribution in [1.29, 1.82) is 0 Å². The topological polar surface area (TPSA) is 62.3 Å². The van der Waals surface area contributed by atoms with Crippen LogP contribution in [0.2, 0.25) is 0 Å². The molecule has 2 aromatic carbocycles. The molecule has 0 bridgehead atoms. The summed E-state index contributed by atoms with van der Waals surface area (Å²) < 4.78 is 12.9. The van der Waals surface area contributed by atoms with E-state index in [9.17, 15) is 14.0 Å². The van der Waals surface area contributed by atoms with Crippen molar-refractivity contribution in [3.05, 3.63) is 95.6 Å². The number of anilines is 1. The minimum absolute atomic E-state index is 0.210. The summed E-state index contributed by atoms with van der Waals surface area (Å²) in [6, 6.07) is 18.6. The standard InChI is InChI=1S/C23H22FN3O2/c1-2-27(20-6-4-3-5-7-20)23(29)21-16-18(13-15-25-21)22(28)26-14-12-17-8-10-19(24)11-9-17/h3-11,13,15-16H,2,12,14H2,1H3,(H,26,28). The van der Waals surface area contributed by atoms with Gasteiger partial charge in [0, 0.05) is 30.5 Å². The first-order valence-electron chi connectivity index (χ1n) is 9.44. The van der Waals surface area contributed by atoms with E-state index in [0.29, 0.717) is 25.1 Å². The summed E-state index contributed by atoms with van der Waals surface area (Å²) in [5.74, 6) is -0.839. The SMILES string of the molecule is CCN(C(=O)c1cc(C(=O)NCCc2ccc(F)cc2)ccn1)c1ccccc1. The average Bonchev–Trinajstić information content (AvgIpc) is 2.76. The van der Waals surface area contributed by atoms with Crippen molar-refractivity contribution < 1.29 is 14.0 Å². The molecule has 0 aliphatic heterocycles. The third-order valence-electron chi connectivity index (χ3n) is 4.48. The molecule has 0 saturated carbocycles. The van der Waals surface area contributed by atoms with Gasteiger partial charge in [-0.3, -0.25) is 14.6 Å². The molecule has 0 atom stereocenters. The highest BCUT2D eigenvalue weighted by molar-refractivity contribution is 6.06. The van der Waals surface area contributed by atoms with Gasteiger partial charge < -0.3 is 10.2 Å². The summed E-state index contributed by atoms with van der Waals surface area (Å²) in [6.07, 6.45) is 2.04. The van der Waals surface area contributed by atoms with E-state index in [-0.39, 0.29) is 23.3 Å². The number of pyridine rings is 1. The lowest BCUT2D eigenvalue weighted by molar-refractivity contribution is 0.0954. The smallest absolute Gasteiger partial charge is 0.276 e. The predicted molar refractivity (Wildman–Crippen MR) is 110 cm³/mol. The van der Waals surface area contributed by atoms with Gasteiger partial charge >= 0.3 is 0 Å². The summed E-state index contributed by atoms with van der Waals surface area (Å²) in [5.41, 5.74) is 2.28. The number of nitrogens with zero attached hydrogens (tertiary/aromatic N) is 2. The molecule has 3 aromatic rings. The van der Waals surface area contributed by atoms with E-state index in [1.807, 2.05) is 37.3 Å².